The lowest BCUT2D eigenvalue weighted by atomic mass is 10.1. The van der Waals surface area contributed by atoms with Crippen molar-refractivity contribution in [2.24, 2.45) is 0 Å². The largest absolute Gasteiger partial charge is 0.289 e. The molecule has 1 aromatic rings. The minimum atomic E-state index is -3.04. The summed E-state index contributed by atoms with van der Waals surface area (Å²) in [5, 5.41) is 0. The zero-order chi connectivity index (χ0) is 15.9. The van der Waals surface area contributed by atoms with E-state index in [9.17, 15) is 13.2 Å². The topological polar surface area (TPSA) is 54.5 Å². The number of carbonyl (C=O) groups excluding carboxylic acids is 1. The zero-order valence-corrected chi connectivity index (χ0v) is 14.4. The van der Waals surface area contributed by atoms with Crippen molar-refractivity contribution in [1.82, 2.24) is 4.90 Å². The van der Waals surface area contributed by atoms with E-state index in [0.717, 1.165) is 11.1 Å². The summed E-state index contributed by atoms with van der Waals surface area (Å²) in [5.41, 5.74) is 2.09. The van der Waals surface area contributed by atoms with E-state index in [1.165, 1.54) is 16.7 Å². The second-order valence-corrected chi connectivity index (χ2v) is 9.42. The van der Waals surface area contributed by atoms with Crippen LogP contribution in [0.5, 0.6) is 0 Å². The van der Waals surface area contributed by atoms with Crippen molar-refractivity contribution in [3.63, 3.8) is 0 Å². The Kier molecular flexibility index (Phi) is 4.13. The van der Waals surface area contributed by atoms with Crippen molar-refractivity contribution < 1.29 is 13.2 Å². The first-order chi connectivity index (χ1) is 10.4. The van der Waals surface area contributed by atoms with Gasteiger partial charge in [-0.05, 0) is 25.0 Å². The fourth-order valence-electron chi connectivity index (χ4n) is 2.59. The van der Waals surface area contributed by atoms with Crippen molar-refractivity contribution in [3.8, 4) is 0 Å². The van der Waals surface area contributed by atoms with Crippen LogP contribution >= 0.6 is 24.0 Å². The molecule has 4 nitrogen and oxygen atoms in total. The van der Waals surface area contributed by atoms with Crippen molar-refractivity contribution in [2.75, 3.05) is 11.5 Å². The van der Waals surface area contributed by atoms with Gasteiger partial charge in [0.2, 0.25) is 0 Å². The number of hydrogen-bond acceptors (Lipinski definition) is 5. The number of sulfone groups is 1. The highest BCUT2D eigenvalue weighted by Gasteiger charge is 2.41. The SMILES string of the molecule is Cc1ccc(/C=C2/SC(=S)N(C3CCS(=O)(=O)C3)C2=O)cc1. The van der Waals surface area contributed by atoms with Crippen LogP contribution in [0, 0.1) is 6.92 Å². The van der Waals surface area contributed by atoms with Crippen LogP contribution in [0.3, 0.4) is 0 Å². The standard InChI is InChI=1S/C15H15NO3S3/c1-10-2-4-11(5-3-10)8-13-14(17)16(15(20)21-13)12-6-7-22(18,19)9-12/h2-5,8,12H,6-7,9H2,1H3/b13-8+. The molecule has 1 amide bonds. The van der Waals surface area contributed by atoms with Crippen LogP contribution in [0.4, 0.5) is 0 Å². The first-order valence-electron chi connectivity index (χ1n) is 6.90. The highest BCUT2D eigenvalue weighted by molar-refractivity contribution is 8.26. The van der Waals surface area contributed by atoms with Gasteiger partial charge in [0.15, 0.2) is 9.84 Å². The van der Waals surface area contributed by atoms with Crippen LogP contribution in [-0.2, 0) is 14.6 Å². The average molecular weight is 353 g/mol. The van der Waals surface area contributed by atoms with Gasteiger partial charge in [-0.2, -0.15) is 0 Å². The van der Waals surface area contributed by atoms with Crippen LogP contribution in [0.15, 0.2) is 29.2 Å². The number of rotatable bonds is 2. The Bertz CT molecular complexity index is 766. The van der Waals surface area contributed by atoms with Crippen LogP contribution in [0.25, 0.3) is 6.08 Å². The molecule has 0 spiro atoms. The Morgan fingerprint density at radius 1 is 1.32 bits per heavy atom. The Labute approximate surface area is 139 Å². The maximum atomic E-state index is 12.5. The fraction of sp³-hybridized carbons (Fsp3) is 0.333. The first-order valence-corrected chi connectivity index (χ1v) is 9.94. The molecule has 1 aromatic carbocycles. The highest BCUT2D eigenvalue weighted by atomic mass is 32.2. The van der Waals surface area contributed by atoms with E-state index in [1.807, 2.05) is 37.3 Å². The molecule has 1 atom stereocenters. The van der Waals surface area contributed by atoms with Gasteiger partial charge in [0.1, 0.15) is 4.32 Å². The van der Waals surface area contributed by atoms with Crippen LogP contribution in [-0.4, -0.2) is 41.1 Å². The quantitative estimate of drug-likeness (QED) is 0.604. The van der Waals surface area contributed by atoms with Crippen molar-refractivity contribution in [3.05, 3.63) is 40.3 Å². The summed E-state index contributed by atoms with van der Waals surface area (Å²) in [6, 6.07) is 7.54. The molecule has 2 aliphatic heterocycles. The Morgan fingerprint density at radius 2 is 2.00 bits per heavy atom. The summed E-state index contributed by atoms with van der Waals surface area (Å²) in [4.78, 5) is 14.6. The lowest BCUT2D eigenvalue weighted by Gasteiger charge is -2.20. The van der Waals surface area contributed by atoms with Gasteiger partial charge in [-0.3, -0.25) is 9.69 Å². The maximum absolute atomic E-state index is 12.5. The molecule has 2 fully saturated rings. The molecule has 0 bridgehead atoms. The molecule has 1 unspecified atom stereocenters. The molecule has 0 aliphatic carbocycles. The average Bonchev–Trinajstić information content (AvgIpc) is 2.93. The Hall–Kier alpha value is -1.18. The van der Waals surface area contributed by atoms with Gasteiger partial charge >= 0.3 is 0 Å². The predicted molar refractivity (Wildman–Crippen MR) is 93.2 cm³/mol. The predicted octanol–water partition coefficient (Wildman–Crippen LogP) is 2.38. The van der Waals surface area contributed by atoms with E-state index in [4.69, 9.17) is 12.2 Å². The van der Waals surface area contributed by atoms with E-state index < -0.39 is 9.84 Å². The fourth-order valence-corrected chi connectivity index (χ4v) is 5.69. The van der Waals surface area contributed by atoms with Gasteiger partial charge < -0.3 is 0 Å². The number of benzene rings is 1. The lowest BCUT2D eigenvalue weighted by molar-refractivity contribution is -0.123. The molecule has 2 aliphatic rings. The minimum Gasteiger partial charge on any atom is -0.289 e. The third-order valence-corrected chi connectivity index (χ3v) is 6.85. The third-order valence-electron chi connectivity index (χ3n) is 3.77. The van der Waals surface area contributed by atoms with Gasteiger partial charge in [-0.1, -0.05) is 53.8 Å². The van der Waals surface area contributed by atoms with E-state index >= 15 is 0 Å². The van der Waals surface area contributed by atoms with Crippen LogP contribution in [0.1, 0.15) is 17.5 Å². The molecule has 0 saturated carbocycles. The molecule has 0 N–H and O–H groups in total. The summed E-state index contributed by atoms with van der Waals surface area (Å²) in [6.45, 7) is 2.00. The van der Waals surface area contributed by atoms with Gasteiger partial charge in [0, 0.05) is 0 Å². The van der Waals surface area contributed by atoms with Gasteiger partial charge in [0.25, 0.3) is 5.91 Å². The molecule has 3 rings (SSSR count). The highest BCUT2D eigenvalue weighted by Crippen LogP contribution is 2.36. The molecular weight excluding hydrogens is 338 g/mol. The molecule has 0 aromatic heterocycles. The minimum absolute atomic E-state index is 0.0112. The number of amides is 1. The van der Waals surface area contributed by atoms with E-state index in [0.29, 0.717) is 15.6 Å². The normalized spacial score (nSPS) is 26.1. The number of nitrogens with zero attached hydrogens (tertiary/aromatic N) is 1. The third kappa shape index (κ3) is 3.11. The van der Waals surface area contributed by atoms with E-state index in [-0.39, 0.29) is 23.5 Å². The van der Waals surface area contributed by atoms with Gasteiger partial charge in [-0.15, -0.1) is 0 Å². The number of carbonyl (C=O) groups is 1. The number of hydrogen-bond donors (Lipinski definition) is 0. The molecule has 2 saturated heterocycles. The van der Waals surface area contributed by atoms with Crippen molar-refractivity contribution in [2.45, 2.75) is 19.4 Å². The molecule has 116 valence electrons. The van der Waals surface area contributed by atoms with Gasteiger partial charge in [-0.25, -0.2) is 8.42 Å². The Balaban J connectivity index is 1.84. The number of aryl methyl sites for hydroxylation is 1. The maximum Gasteiger partial charge on any atom is 0.266 e. The molecule has 22 heavy (non-hydrogen) atoms. The van der Waals surface area contributed by atoms with Crippen LogP contribution in [0.2, 0.25) is 0 Å². The number of thioether (sulfide) groups is 1. The summed E-state index contributed by atoms with van der Waals surface area (Å²) >= 11 is 6.52. The van der Waals surface area contributed by atoms with Crippen molar-refractivity contribution in [1.29, 1.82) is 0 Å². The second-order valence-electron chi connectivity index (χ2n) is 5.52. The number of thiocarbonyl (C=S) groups is 1. The Morgan fingerprint density at radius 3 is 2.59 bits per heavy atom. The zero-order valence-electron chi connectivity index (χ0n) is 12.0. The summed E-state index contributed by atoms with van der Waals surface area (Å²) < 4.78 is 23.7. The molecule has 0 radical (unpaired) electrons. The summed E-state index contributed by atoms with van der Waals surface area (Å²) in [5.74, 6) is -0.0409. The van der Waals surface area contributed by atoms with Crippen LogP contribution < -0.4 is 0 Å². The van der Waals surface area contributed by atoms with E-state index in [1.54, 1.807) is 0 Å². The molecule has 2 heterocycles. The first kappa shape index (κ1) is 15.7. The lowest BCUT2D eigenvalue weighted by Crippen LogP contribution is -2.39. The second kappa shape index (κ2) is 5.79. The monoisotopic (exact) mass is 353 g/mol. The van der Waals surface area contributed by atoms with E-state index in [2.05, 4.69) is 0 Å². The molecular formula is C15H15NO3S3. The summed E-state index contributed by atoms with van der Waals surface area (Å²) in [7, 11) is -3.04. The summed E-state index contributed by atoms with van der Waals surface area (Å²) in [6.07, 6.45) is 2.27. The van der Waals surface area contributed by atoms with Gasteiger partial charge in [0.05, 0.1) is 22.5 Å². The smallest absolute Gasteiger partial charge is 0.266 e. The molecule has 7 heteroatoms. The van der Waals surface area contributed by atoms with Crippen molar-refractivity contribution >= 4 is 50.1 Å².